The smallest absolute Gasteiger partial charge is 0.197 e. The summed E-state index contributed by atoms with van der Waals surface area (Å²) in [7, 11) is 1.55. The van der Waals surface area contributed by atoms with Gasteiger partial charge >= 0.3 is 0 Å². The first kappa shape index (κ1) is 14.6. The number of benzene rings is 2. The van der Waals surface area contributed by atoms with Crippen LogP contribution in [0, 0.1) is 20.8 Å². The molecule has 0 radical (unpaired) electrons. The number of halogens is 1. The lowest BCUT2D eigenvalue weighted by Gasteiger charge is -2.12. The number of hydrogen-bond acceptors (Lipinski definition) is 2. The summed E-state index contributed by atoms with van der Waals surface area (Å²) in [6.45, 7) is 5.98. The van der Waals surface area contributed by atoms with E-state index in [-0.39, 0.29) is 5.78 Å². The van der Waals surface area contributed by atoms with Gasteiger partial charge in [0, 0.05) is 10.6 Å². The molecule has 0 unspecified atom stereocenters. The zero-order valence-electron chi connectivity index (χ0n) is 12.1. The minimum Gasteiger partial charge on any atom is -0.496 e. The van der Waals surface area contributed by atoms with Gasteiger partial charge in [0.1, 0.15) is 5.75 Å². The molecular formula is C17H17ClO2. The normalized spacial score (nSPS) is 10.4. The minimum absolute atomic E-state index is 0.0649. The highest BCUT2D eigenvalue weighted by atomic mass is 35.5. The van der Waals surface area contributed by atoms with Crippen LogP contribution in [0.4, 0.5) is 0 Å². The lowest BCUT2D eigenvalue weighted by molar-refractivity contribution is 0.103. The van der Waals surface area contributed by atoms with Crippen molar-refractivity contribution in [3.63, 3.8) is 0 Å². The number of carbonyl (C=O) groups is 1. The molecule has 2 nitrogen and oxygen atoms in total. The van der Waals surface area contributed by atoms with Gasteiger partial charge in [0.15, 0.2) is 5.78 Å². The molecule has 0 spiro atoms. The molecule has 20 heavy (non-hydrogen) atoms. The molecule has 0 saturated heterocycles. The van der Waals surface area contributed by atoms with Crippen molar-refractivity contribution in [2.45, 2.75) is 20.8 Å². The van der Waals surface area contributed by atoms with Crippen LogP contribution >= 0.6 is 11.6 Å². The van der Waals surface area contributed by atoms with Crippen molar-refractivity contribution >= 4 is 17.4 Å². The van der Waals surface area contributed by atoms with Crippen molar-refractivity contribution in [2.24, 2.45) is 0 Å². The highest BCUT2D eigenvalue weighted by molar-refractivity contribution is 6.31. The molecule has 2 aromatic rings. The van der Waals surface area contributed by atoms with Gasteiger partial charge in [0.2, 0.25) is 0 Å². The summed E-state index contributed by atoms with van der Waals surface area (Å²) in [5.41, 5.74) is 4.41. The lowest BCUT2D eigenvalue weighted by Crippen LogP contribution is -2.07. The Morgan fingerprint density at radius 1 is 0.950 bits per heavy atom. The van der Waals surface area contributed by atoms with Gasteiger partial charge < -0.3 is 4.74 Å². The average molecular weight is 289 g/mol. The van der Waals surface area contributed by atoms with Crippen LogP contribution in [0.2, 0.25) is 5.02 Å². The van der Waals surface area contributed by atoms with Crippen molar-refractivity contribution in [3.8, 4) is 5.75 Å². The monoisotopic (exact) mass is 288 g/mol. The zero-order valence-corrected chi connectivity index (χ0v) is 12.8. The van der Waals surface area contributed by atoms with E-state index in [1.54, 1.807) is 25.3 Å². The van der Waals surface area contributed by atoms with Crippen molar-refractivity contribution < 1.29 is 9.53 Å². The van der Waals surface area contributed by atoms with Gasteiger partial charge in [0.25, 0.3) is 0 Å². The number of rotatable bonds is 3. The summed E-state index contributed by atoms with van der Waals surface area (Å²) >= 11 is 5.99. The maximum Gasteiger partial charge on any atom is 0.197 e. The molecule has 104 valence electrons. The van der Waals surface area contributed by atoms with Crippen LogP contribution < -0.4 is 4.74 Å². The highest BCUT2D eigenvalue weighted by Gasteiger charge is 2.17. The molecule has 2 rings (SSSR count). The van der Waals surface area contributed by atoms with Crippen LogP contribution in [0.5, 0.6) is 5.75 Å². The van der Waals surface area contributed by atoms with E-state index in [4.69, 9.17) is 16.3 Å². The standard InChI is InChI=1S/C17H17ClO2/c1-10-7-12(3)14(8-11(10)2)17(19)15-9-13(18)5-6-16(15)20-4/h5-9H,1-4H3. The SMILES string of the molecule is COc1ccc(Cl)cc1C(=O)c1cc(C)c(C)cc1C. The molecular weight excluding hydrogens is 272 g/mol. The van der Waals surface area contributed by atoms with E-state index in [1.807, 2.05) is 32.9 Å². The van der Waals surface area contributed by atoms with Gasteiger partial charge in [-0.1, -0.05) is 17.7 Å². The minimum atomic E-state index is -0.0649. The van der Waals surface area contributed by atoms with Crippen molar-refractivity contribution in [2.75, 3.05) is 7.11 Å². The lowest BCUT2D eigenvalue weighted by atomic mass is 9.94. The van der Waals surface area contributed by atoms with Crippen LogP contribution in [-0.2, 0) is 0 Å². The Morgan fingerprint density at radius 2 is 1.60 bits per heavy atom. The number of aryl methyl sites for hydroxylation is 3. The van der Waals surface area contributed by atoms with Gasteiger partial charge in [-0.25, -0.2) is 0 Å². The Hall–Kier alpha value is -1.80. The molecule has 0 aliphatic rings. The Balaban J connectivity index is 2.57. The van der Waals surface area contributed by atoms with Gasteiger partial charge in [0.05, 0.1) is 12.7 Å². The molecule has 0 atom stereocenters. The van der Waals surface area contributed by atoms with E-state index >= 15 is 0 Å². The molecule has 0 aromatic heterocycles. The molecule has 0 saturated carbocycles. The Morgan fingerprint density at radius 3 is 2.25 bits per heavy atom. The second-order valence-corrected chi connectivity index (χ2v) is 5.36. The third kappa shape index (κ3) is 2.70. The summed E-state index contributed by atoms with van der Waals surface area (Å²) in [5.74, 6) is 0.474. The predicted molar refractivity (Wildman–Crippen MR) is 82.1 cm³/mol. The molecule has 0 N–H and O–H groups in total. The fourth-order valence-electron chi connectivity index (χ4n) is 2.21. The average Bonchev–Trinajstić information content (AvgIpc) is 2.42. The van der Waals surface area contributed by atoms with Crippen LogP contribution in [0.15, 0.2) is 30.3 Å². The molecule has 0 aliphatic carbocycles. The summed E-state index contributed by atoms with van der Waals surface area (Å²) in [5, 5.41) is 0.524. The largest absolute Gasteiger partial charge is 0.496 e. The number of hydrogen-bond donors (Lipinski definition) is 0. The summed E-state index contributed by atoms with van der Waals surface area (Å²) in [6.07, 6.45) is 0. The van der Waals surface area contributed by atoms with Crippen LogP contribution in [0.25, 0.3) is 0 Å². The Kier molecular flexibility index (Phi) is 4.15. The quantitative estimate of drug-likeness (QED) is 0.777. The summed E-state index contributed by atoms with van der Waals surface area (Å²) in [6, 6.07) is 9.03. The molecule has 0 bridgehead atoms. The van der Waals surface area contributed by atoms with E-state index in [0.29, 0.717) is 21.9 Å². The van der Waals surface area contributed by atoms with E-state index in [2.05, 4.69) is 0 Å². The van der Waals surface area contributed by atoms with Crippen LogP contribution in [-0.4, -0.2) is 12.9 Å². The van der Waals surface area contributed by atoms with E-state index < -0.39 is 0 Å². The highest BCUT2D eigenvalue weighted by Crippen LogP contribution is 2.27. The fourth-order valence-corrected chi connectivity index (χ4v) is 2.38. The topological polar surface area (TPSA) is 26.3 Å². The van der Waals surface area contributed by atoms with E-state index in [0.717, 1.165) is 11.1 Å². The van der Waals surface area contributed by atoms with Gasteiger partial charge in [-0.15, -0.1) is 0 Å². The Labute approximate surface area is 124 Å². The summed E-state index contributed by atoms with van der Waals surface area (Å²) in [4.78, 5) is 12.7. The number of methoxy groups -OCH3 is 1. The molecule has 0 amide bonds. The van der Waals surface area contributed by atoms with Gasteiger partial charge in [-0.3, -0.25) is 4.79 Å². The molecule has 3 heteroatoms. The first-order valence-electron chi connectivity index (χ1n) is 6.40. The van der Waals surface area contributed by atoms with Crippen LogP contribution in [0.3, 0.4) is 0 Å². The third-order valence-electron chi connectivity index (χ3n) is 3.49. The number of carbonyl (C=O) groups excluding carboxylic acids is 1. The van der Waals surface area contributed by atoms with Crippen LogP contribution in [0.1, 0.15) is 32.6 Å². The zero-order chi connectivity index (χ0) is 14.9. The maximum absolute atomic E-state index is 12.7. The van der Waals surface area contributed by atoms with Crippen molar-refractivity contribution in [3.05, 3.63) is 63.2 Å². The van der Waals surface area contributed by atoms with Gasteiger partial charge in [-0.2, -0.15) is 0 Å². The predicted octanol–water partition coefficient (Wildman–Crippen LogP) is 4.50. The first-order chi connectivity index (χ1) is 9.43. The second-order valence-electron chi connectivity index (χ2n) is 4.93. The summed E-state index contributed by atoms with van der Waals surface area (Å²) < 4.78 is 5.26. The molecule has 2 aromatic carbocycles. The van der Waals surface area contributed by atoms with E-state index in [9.17, 15) is 4.79 Å². The van der Waals surface area contributed by atoms with Crippen molar-refractivity contribution in [1.82, 2.24) is 0 Å². The second kappa shape index (κ2) is 5.68. The number of ketones is 1. The number of ether oxygens (including phenoxy) is 1. The van der Waals surface area contributed by atoms with E-state index in [1.165, 1.54) is 5.56 Å². The first-order valence-corrected chi connectivity index (χ1v) is 6.78. The Bertz CT molecular complexity index is 675. The maximum atomic E-state index is 12.7. The molecule has 0 fully saturated rings. The van der Waals surface area contributed by atoms with Crippen molar-refractivity contribution in [1.29, 1.82) is 0 Å². The molecule has 0 heterocycles. The third-order valence-corrected chi connectivity index (χ3v) is 3.73. The molecule has 0 aliphatic heterocycles. The fraction of sp³-hybridized carbons (Fsp3) is 0.235. The van der Waals surface area contributed by atoms with Gasteiger partial charge in [-0.05, 0) is 61.7 Å².